The molecule has 150 valence electrons. The highest BCUT2D eigenvalue weighted by atomic mass is 16.1. The number of pyridine rings is 1. The lowest BCUT2D eigenvalue weighted by Gasteiger charge is -2.25. The van der Waals surface area contributed by atoms with Crippen LogP contribution in [-0.2, 0) is 24.2 Å². The van der Waals surface area contributed by atoms with Gasteiger partial charge in [-0.15, -0.1) is 0 Å². The molecule has 0 saturated carbocycles. The first-order valence-corrected chi connectivity index (χ1v) is 10.1. The molecule has 5 rings (SSSR count). The number of fused-ring (bicyclic) bond motifs is 2. The van der Waals surface area contributed by atoms with Crippen molar-refractivity contribution in [3.05, 3.63) is 83.8 Å². The number of nitrogens with zero attached hydrogens (tertiary/aromatic N) is 4. The maximum absolute atomic E-state index is 12.5. The highest BCUT2D eigenvalue weighted by Crippen LogP contribution is 2.23. The number of carbonyl (C=O) groups is 1. The van der Waals surface area contributed by atoms with E-state index in [4.69, 9.17) is 0 Å². The van der Waals surface area contributed by atoms with Gasteiger partial charge in [0.05, 0.1) is 6.42 Å². The van der Waals surface area contributed by atoms with Gasteiger partial charge in [0.2, 0.25) is 5.91 Å². The van der Waals surface area contributed by atoms with E-state index >= 15 is 0 Å². The van der Waals surface area contributed by atoms with Gasteiger partial charge >= 0.3 is 0 Å². The summed E-state index contributed by atoms with van der Waals surface area (Å²) in [5.41, 5.74) is 7.52. The van der Waals surface area contributed by atoms with E-state index in [9.17, 15) is 4.79 Å². The molecule has 2 aromatic heterocycles. The van der Waals surface area contributed by atoms with Crippen molar-refractivity contribution in [1.29, 1.82) is 0 Å². The molecule has 4 aromatic rings. The minimum atomic E-state index is 0.000469. The molecule has 30 heavy (non-hydrogen) atoms. The Hall–Kier alpha value is -3.51. The molecule has 0 bridgehead atoms. The largest absolute Gasteiger partial charge is 0.326 e. The number of carbonyl (C=O) groups excluding carboxylic acids is 1. The lowest BCUT2D eigenvalue weighted by Crippen LogP contribution is -2.26. The smallest absolute Gasteiger partial charge is 0.228 e. The molecule has 0 unspecified atom stereocenters. The minimum Gasteiger partial charge on any atom is -0.326 e. The summed E-state index contributed by atoms with van der Waals surface area (Å²) in [5.74, 6) is 0.000469. The summed E-state index contributed by atoms with van der Waals surface area (Å²) in [5, 5.41) is 7.17. The molecule has 0 spiro atoms. The van der Waals surface area contributed by atoms with Gasteiger partial charge in [0.1, 0.15) is 6.33 Å². The van der Waals surface area contributed by atoms with Crippen molar-refractivity contribution >= 4 is 17.2 Å². The predicted molar refractivity (Wildman–Crippen MR) is 117 cm³/mol. The number of hydrogen-bond acceptors (Lipinski definition) is 4. The van der Waals surface area contributed by atoms with Crippen molar-refractivity contribution in [2.45, 2.75) is 19.4 Å². The fraction of sp³-hybridized carbons (Fsp3) is 0.208. The van der Waals surface area contributed by atoms with Crippen LogP contribution in [0.1, 0.15) is 16.7 Å². The number of benzene rings is 2. The summed E-state index contributed by atoms with van der Waals surface area (Å²) < 4.78 is 1.74. The first-order valence-electron chi connectivity index (χ1n) is 10.1. The zero-order valence-corrected chi connectivity index (χ0v) is 16.9. The van der Waals surface area contributed by atoms with Crippen molar-refractivity contribution in [2.24, 2.45) is 0 Å². The van der Waals surface area contributed by atoms with Crippen LogP contribution in [0.5, 0.6) is 0 Å². The summed E-state index contributed by atoms with van der Waals surface area (Å²) >= 11 is 0. The van der Waals surface area contributed by atoms with E-state index in [1.54, 1.807) is 10.8 Å². The monoisotopic (exact) mass is 397 g/mol. The van der Waals surface area contributed by atoms with Crippen LogP contribution in [-0.4, -0.2) is 39.0 Å². The van der Waals surface area contributed by atoms with Crippen molar-refractivity contribution in [3.8, 4) is 11.1 Å². The number of aromatic nitrogens is 3. The third kappa shape index (κ3) is 3.82. The molecule has 0 radical (unpaired) electrons. The molecule has 6 nitrogen and oxygen atoms in total. The predicted octanol–water partition coefficient (Wildman–Crippen LogP) is 3.57. The summed E-state index contributed by atoms with van der Waals surface area (Å²) in [7, 11) is 2.14. The molecule has 0 atom stereocenters. The average molecular weight is 397 g/mol. The second kappa shape index (κ2) is 7.72. The third-order valence-corrected chi connectivity index (χ3v) is 5.63. The highest BCUT2D eigenvalue weighted by Gasteiger charge is 2.14. The summed E-state index contributed by atoms with van der Waals surface area (Å²) in [6, 6.07) is 18.3. The lowest BCUT2D eigenvalue weighted by molar-refractivity contribution is -0.115. The van der Waals surface area contributed by atoms with Crippen LogP contribution in [0.25, 0.3) is 16.8 Å². The van der Waals surface area contributed by atoms with E-state index in [2.05, 4.69) is 39.5 Å². The van der Waals surface area contributed by atoms with Gasteiger partial charge in [-0.1, -0.05) is 30.3 Å². The van der Waals surface area contributed by atoms with Gasteiger partial charge in [0.15, 0.2) is 5.65 Å². The van der Waals surface area contributed by atoms with E-state index in [-0.39, 0.29) is 5.91 Å². The van der Waals surface area contributed by atoms with Gasteiger partial charge in [-0.3, -0.25) is 4.79 Å². The van der Waals surface area contributed by atoms with Gasteiger partial charge in [-0.05, 0) is 65.6 Å². The maximum Gasteiger partial charge on any atom is 0.228 e. The molecule has 0 saturated heterocycles. The standard InChI is InChI=1S/C24H23N5O/c1-28-10-8-19-13-22(7-6-21(19)15-28)27-24(30)12-17-2-4-18(5-3-17)20-9-11-29-23(14-20)25-16-26-29/h2-7,9,11,13-14,16H,8,10,12,15H2,1H3,(H,27,30). The van der Waals surface area contributed by atoms with Crippen molar-refractivity contribution in [1.82, 2.24) is 19.5 Å². The minimum absolute atomic E-state index is 0.000469. The molecule has 3 heterocycles. The fourth-order valence-electron chi connectivity index (χ4n) is 3.97. The highest BCUT2D eigenvalue weighted by molar-refractivity contribution is 5.92. The molecule has 1 amide bonds. The van der Waals surface area contributed by atoms with Crippen LogP contribution in [0.4, 0.5) is 5.69 Å². The summed E-state index contributed by atoms with van der Waals surface area (Å²) in [6.07, 6.45) is 4.82. The second-order valence-electron chi connectivity index (χ2n) is 7.87. The Labute approximate surface area is 175 Å². The van der Waals surface area contributed by atoms with Crippen LogP contribution in [0, 0.1) is 0 Å². The zero-order valence-electron chi connectivity index (χ0n) is 16.9. The van der Waals surface area contributed by atoms with Crippen molar-refractivity contribution in [3.63, 3.8) is 0 Å². The molecule has 1 aliphatic rings. The molecule has 1 aliphatic heterocycles. The van der Waals surface area contributed by atoms with Gasteiger partial charge in [-0.2, -0.15) is 5.10 Å². The Bertz CT molecular complexity index is 1210. The Morgan fingerprint density at radius 1 is 1.03 bits per heavy atom. The SMILES string of the molecule is CN1CCc2cc(NC(=O)Cc3ccc(-c4ccn5ncnc5c4)cc3)ccc2C1. The van der Waals surface area contributed by atoms with E-state index in [0.717, 1.165) is 47.5 Å². The van der Waals surface area contributed by atoms with E-state index in [1.807, 2.05) is 48.7 Å². The average Bonchev–Trinajstić information content (AvgIpc) is 3.22. The molecule has 1 N–H and O–H groups in total. The molecular weight excluding hydrogens is 374 g/mol. The van der Waals surface area contributed by atoms with Crippen molar-refractivity contribution < 1.29 is 4.79 Å². The maximum atomic E-state index is 12.5. The van der Waals surface area contributed by atoms with Crippen LogP contribution in [0.15, 0.2) is 67.1 Å². The second-order valence-corrected chi connectivity index (χ2v) is 7.87. The van der Waals surface area contributed by atoms with Gasteiger partial charge < -0.3 is 10.2 Å². The Balaban J connectivity index is 1.25. The van der Waals surface area contributed by atoms with Crippen LogP contribution in [0.2, 0.25) is 0 Å². The van der Waals surface area contributed by atoms with E-state index in [1.165, 1.54) is 11.1 Å². The number of nitrogens with one attached hydrogen (secondary N) is 1. The summed E-state index contributed by atoms with van der Waals surface area (Å²) in [4.78, 5) is 19.1. The quantitative estimate of drug-likeness (QED) is 0.572. The molecular formula is C24H23N5O. The number of amides is 1. The summed E-state index contributed by atoms with van der Waals surface area (Å²) in [6.45, 7) is 2.03. The molecule has 0 aliphatic carbocycles. The van der Waals surface area contributed by atoms with Crippen LogP contribution >= 0.6 is 0 Å². The third-order valence-electron chi connectivity index (χ3n) is 5.63. The van der Waals surface area contributed by atoms with Gasteiger partial charge in [0.25, 0.3) is 0 Å². The zero-order chi connectivity index (χ0) is 20.5. The number of anilines is 1. The van der Waals surface area contributed by atoms with Crippen molar-refractivity contribution in [2.75, 3.05) is 18.9 Å². The normalized spacial score (nSPS) is 13.9. The van der Waals surface area contributed by atoms with E-state index < -0.39 is 0 Å². The van der Waals surface area contributed by atoms with Gasteiger partial charge in [-0.25, -0.2) is 9.50 Å². The number of hydrogen-bond donors (Lipinski definition) is 1. The molecule has 6 heteroatoms. The Morgan fingerprint density at radius 2 is 1.90 bits per heavy atom. The first-order chi connectivity index (χ1) is 14.6. The number of rotatable bonds is 4. The first kappa shape index (κ1) is 18.5. The Morgan fingerprint density at radius 3 is 2.77 bits per heavy atom. The molecule has 0 fully saturated rings. The van der Waals surface area contributed by atoms with E-state index in [0.29, 0.717) is 6.42 Å². The van der Waals surface area contributed by atoms with Gasteiger partial charge in [0, 0.05) is 25.0 Å². The lowest BCUT2D eigenvalue weighted by atomic mass is 9.99. The molecule has 2 aromatic carbocycles. The Kier molecular flexibility index (Phi) is 4.77. The fourth-order valence-corrected chi connectivity index (χ4v) is 3.97. The van der Waals surface area contributed by atoms with Crippen LogP contribution in [0.3, 0.4) is 0 Å². The number of likely N-dealkylation sites (N-methyl/N-ethyl adjacent to an activating group) is 1. The van der Waals surface area contributed by atoms with Crippen LogP contribution < -0.4 is 5.32 Å². The topological polar surface area (TPSA) is 62.5 Å².